The Bertz CT molecular complexity index is 495. The third-order valence-electron chi connectivity index (χ3n) is 2.67. The fraction of sp³-hybridized carbons (Fsp3) is 0.385. The van der Waals surface area contributed by atoms with Crippen molar-refractivity contribution >= 4 is 30.0 Å². The van der Waals surface area contributed by atoms with Gasteiger partial charge in [-0.25, -0.2) is 9.18 Å². The van der Waals surface area contributed by atoms with Crippen LogP contribution in [0.4, 0.5) is 10.1 Å². The smallest absolute Gasteiger partial charge is 0.337 e. The Morgan fingerprint density at radius 3 is 2.45 bits per heavy atom. The Hall–Kier alpha value is -1.66. The van der Waals surface area contributed by atoms with Gasteiger partial charge in [0.05, 0.1) is 24.4 Å². The molecule has 1 aromatic rings. The van der Waals surface area contributed by atoms with Crippen LogP contribution >= 0.6 is 12.4 Å². The van der Waals surface area contributed by atoms with E-state index in [-0.39, 0.29) is 29.6 Å². The zero-order valence-electron chi connectivity index (χ0n) is 11.5. The number of hydrogen-bond donors (Lipinski definition) is 2. The summed E-state index contributed by atoms with van der Waals surface area (Å²) in [5.41, 5.74) is 5.71. The van der Waals surface area contributed by atoms with E-state index < -0.39 is 23.7 Å². The molecule has 0 unspecified atom stereocenters. The number of nitrogens with two attached hydrogens (primary N) is 1. The van der Waals surface area contributed by atoms with Crippen molar-refractivity contribution in [3.8, 4) is 0 Å². The van der Waals surface area contributed by atoms with Gasteiger partial charge < -0.3 is 15.8 Å². The molecule has 0 spiro atoms. The van der Waals surface area contributed by atoms with Gasteiger partial charge in [-0.3, -0.25) is 4.79 Å². The first-order valence-corrected chi connectivity index (χ1v) is 5.81. The molecule has 0 aliphatic heterocycles. The van der Waals surface area contributed by atoms with Crippen molar-refractivity contribution < 1.29 is 18.7 Å². The van der Waals surface area contributed by atoms with Crippen molar-refractivity contribution in [1.29, 1.82) is 0 Å². The number of halogens is 2. The SMILES string of the molecule is COC(=O)c1ccc(F)c(NC(=O)[C@H](N)C(C)C)c1.Cl. The fourth-order valence-electron chi connectivity index (χ4n) is 1.38. The van der Waals surface area contributed by atoms with Gasteiger partial charge in [-0.1, -0.05) is 13.8 Å². The first-order valence-electron chi connectivity index (χ1n) is 5.81. The van der Waals surface area contributed by atoms with E-state index in [4.69, 9.17) is 5.73 Å². The monoisotopic (exact) mass is 304 g/mol. The first kappa shape index (κ1) is 18.3. The lowest BCUT2D eigenvalue weighted by Crippen LogP contribution is -2.39. The van der Waals surface area contributed by atoms with Crippen LogP contribution in [0.5, 0.6) is 0 Å². The predicted molar refractivity (Wildman–Crippen MR) is 76.4 cm³/mol. The van der Waals surface area contributed by atoms with Crippen LogP contribution in [0, 0.1) is 11.7 Å². The lowest BCUT2D eigenvalue weighted by atomic mass is 10.0. The number of amides is 1. The highest BCUT2D eigenvalue weighted by Crippen LogP contribution is 2.17. The van der Waals surface area contributed by atoms with Crippen LogP contribution in [0.15, 0.2) is 18.2 Å². The van der Waals surface area contributed by atoms with Crippen LogP contribution in [0.25, 0.3) is 0 Å². The maximum absolute atomic E-state index is 13.6. The van der Waals surface area contributed by atoms with E-state index in [1.54, 1.807) is 13.8 Å². The van der Waals surface area contributed by atoms with Gasteiger partial charge in [0.15, 0.2) is 0 Å². The average molecular weight is 305 g/mol. The third-order valence-corrected chi connectivity index (χ3v) is 2.67. The lowest BCUT2D eigenvalue weighted by molar-refractivity contribution is -0.118. The topological polar surface area (TPSA) is 81.4 Å². The number of nitrogens with one attached hydrogen (secondary N) is 1. The molecule has 3 N–H and O–H groups in total. The highest BCUT2D eigenvalue weighted by molar-refractivity contribution is 5.97. The zero-order valence-corrected chi connectivity index (χ0v) is 12.3. The Balaban J connectivity index is 0.00000361. The Labute approximate surface area is 123 Å². The molecule has 5 nitrogen and oxygen atoms in total. The van der Waals surface area contributed by atoms with Gasteiger partial charge in [-0.05, 0) is 24.1 Å². The van der Waals surface area contributed by atoms with Crippen LogP contribution in [0.2, 0.25) is 0 Å². The van der Waals surface area contributed by atoms with Crippen molar-refractivity contribution in [1.82, 2.24) is 0 Å². The van der Waals surface area contributed by atoms with E-state index in [9.17, 15) is 14.0 Å². The van der Waals surface area contributed by atoms with Crippen molar-refractivity contribution in [3.63, 3.8) is 0 Å². The minimum Gasteiger partial charge on any atom is -0.465 e. The molecule has 0 aliphatic carbocycles. The Morgan fingerprint density at radius 1 is 1.35 bits per heavy atom. The first-order chi connectivity index (χ1) is 8.86. The highest BCUT2D eigenvalue weighted by Gasteiger charge is 2.19. The molecule has 0 aliphatic rings. The number of carbonyl (C=O) groups excluding carboxylic acids is 2. The molecular weight excluding hydrogens is 287 g/mol. The van der Waals surface area contributed by atoms with Gasteiger partial charge in [0.1, 0.15) is 5.82 Å². The van der Waals surface area contributed by atoms with E-state index in [1.807, 2.05) is 0 Å². The van der Waals surface area contributed by atoms with Crippen LogP contribution in [-0.2, 0) is 9.53 Å². The minimum atomic E-state index is -0.749. The molecule has 0 saturated carbocycles. The molecule has 0 bridgehead atoms. The number of methoxy groups -OCH3 is 1. The zero-order chi connectivity index (χ0) is 14.6. The quantitative estimate of drug-likeness (QED) is 0.833. The number of hydrogen-bond acceptors (Lipinski definition) is 4. The Kier molecular flexibility index (Phi) is 7.17. The second-order valence-electron chi connectivity index (χ2n) is 4.45. The van der Waals surface area contributed by atoms with Gasteiger partial charge in [0.2, 0.25) is 5.91 Å². The Morgan fingerprint density at radius 2 is 1.95 bits per heavy atom. The molecule has 0 radical (unpaired) electrons. The summed E-state index contributed by atoms with van der Waals surface area (Å²) in [4.78, 5) is 23.1. The molecule has 0 saturated heterocycles. The molecule has 7 heteroatoms. The van der Waals surface area contributed by atoms with E-state index in [0.717, 1.165) is 6.07 Å². The number of ether oxygens (including phenoxy) is 1. The molecule has 1 amide bonds. The van der Waals surface area contributed by atoms with E-state index in [2.05, 4.69) is 10.1 Å². The fourth-order valence-corrected chi connectivity index (χ4v) is 1.38. The van der Waals surface area contributed by atoms with Crippen molar-refractivity contribution in [3.05, 3.63) is 29.6 Å². The molecule has 1 atom stereocenters. The van der Waals surface area contributed by atoms with E-state index in [0.29, 0.717) is 0 Å². The average Bonchev–Trinajstić information content (AvgIpc) is 2.39. The number of esters is 1. The molecule has 1 aromatic carbocycles. The van der Waals surface area contributed by atoms with Crippen molar-refractivity contribution in [2.24, 2.45) is 11.7 Å². The normalized spacial score (nSPS) is 11.5. The standard InChI is InChI=1S/C13H17FN2O3.ClH/c1-7(2)11(15)12(17)16-10-6-8(13(18)19-3)4-5-9(10)14;/h4-7,11H,15H2,1-3H3,(H,16,17);1H/t11-;/m1./s1. The minimum absolute atomic E-state index is 0. The second-order valence-corrected chi connectivity index (χ2v) is 4.45. The van der Waals surface area contributed by atoms with E-state index >= 15 is 0 Å². The molecule has 0 aromatic heterocycles. The van der Waals surface area contributed by atoms with Gasteiger partial charge in [0, 0.05) is 0 Å². The number of anilines is 1. The molecule has 1 rings (SSSR count). The van der Waals surface area contributed by atoms with Crippen LogP contribution in [-0.4, -0.2) is 25.0 Å². The number of carbonyl (C=O) groups is 2. The molecule has 112 valence electrons. The van der Waals surface area contributed by atoms with Crippen molar-refractivity contribution in [2.45, 2.75) is 19.9 Å². The highest BCUT2D eigenvalue weighted by atomic mass is 35.5. The molecule has 0 heterocycles. The van der Waals surface area contributed by atoms with Gasteiger partial charge in [0.25, 0.3) is 0 Å². The molecule has 0 fully saturated rings. The van der Waals surface area contributed by atoms with Crippen LogP contribution in [0.3, 0.4) is 0 Å². The van der Waals surface area contributed by atoms with E-state index in [1.165, 1.54) is 19.2 Å². The van der Waals surface area contributed by atoms with Crippen LogP contribution < -0.4 is 11.1 Å². The number of rotatable bonds is 4. The summed E-state index contributed by atoms with van der Waals surface area (Å²) >= 11 is 0. The summed E-state index contributed by atoms with van der Waals surface area (Å²) in [5, 5.41) is 2.36. The van der Waals surface area contributed by atoms with Crippen molar-refractivity contribution in [2.75, 3.05) is 12.4 Å². The maximum Gasteiger partial charge on any atom is 0.337 e. The predicted octanol–water partition coefficient (Wildman–Crippen LogP) is 1.96. The summed E-state index contributed by atoms with van der Waals surface area (Å²) < 4.78 is 18.1. The summed E-state index contributed by atoms with van der Waals surface area (Å²) in [6.07, 6.45) is 0. The van der Waals surface area contributed by atoms with Crippen LogP contribution in [0.1, 0.15) is 24.2 Å². The number of benzene rings is 1. The van der Waals surface area contributed by atoms with Gasteiger partial charge in [-0.2, -0.15) is 0 Å². The summed E-state index contributed by atoms with van der Waals surface area (Å²) in [6.45, 7) is 3.57. The van der Waals surface area contributed by atoms with Gasteiger partial charge >= 0.3 is 5.97 Å². The molecule has 20 heavy (non-hydrogen) atoms. The summed E-state index contributed by atoms with van der Waals surface area (Å²) in [5.74, 6) is -1.83. The summed E-state index contributed by atoms with van der Waals surface area (Å²) in [7, 11) is 1.22. The molecular formula is C13H18ClFN2O3. The lowest BCUT2D eigenvalue weighted by Gasteiger charge is -2.16. The maximum atomic E-state index is 13.6. The third kappa shape index (κ3) is 4.47. The second kappa shape index (κ2) is 7.81. The largest absolute Gasteiger partial charge is 0.465 e. The summed E-state index contributed by atoms with van der Waals surface area (Å²) in [6, 6.07) is 2.83. The van der Waals surface area contributed by atoms with Gasteiger partial charge in [-0.15, -0.1) is 12.4 Å².